The zero-order valence-corrected chi connectivity index (χ0v) is 10.1. The minimum atomic E-state index is -0.943. The normalized spacial score (nSPS) is 12.8. The smallest absolute Gasteiger partial charge is 0.327 e. The summed E-state index contributed by atoms with van der Waals surface area (Å²) in [7, 11) is 3.02. The van der Waals surface area contributed by atoms with Gasteiger partial charge in [-0.2, -0.15) is 5.06 Å². The standard InChI is InChI=1S/C10H12BrNO3/c1-12(15-2)9(10(13)14)7-3-5-8(11)6-4-7/h3-6,9H,1-2H3,(H,13,14). The van der Waals surface area contributed by atoms with Gasteiger partial charge >= 0.3 is 5.97 Å². The van der Waals surface area contributed by atoms with Crippen LogP contribution < -0.4 is 0 Å². The van der Waals surface area contributed by atoms with Gasteiger partial charge in [-0.05, 0) is 17.7 Å². The Morgan fingerprint density at radius 3 is 2.40 bits per heavy atom. The number of hydrogen-bond acceptors (Lipinski definition) is 3. The summed E-state index contributed by atoms with van der Waals surface area (Å²) in [6.45, 7) is 0. The van der Waals surface area contributed by atoms with E-state index in [1.165, 1.54) is 12.2 Å². The lowest BCUT2D eigenvalue weighted by Gasteiger charge is -2.22. The Labute approximate surface area is 96.5 Å². The van der Waals surface area contributed by atoms with Crippen molar-refractivity contribution < 1.29 is 14.7 Å². The monoisotopic (exact) mass is 273 g/mol. The van der Waals surface area contributed by atoms with E-state index in [0.717, 1.165) is 4.47 Å². The fourth-order valence-electron chi connectivity index (χ4n) is 1.26. The van der Waals surface area contributed by atoms with Gasteiger partial charge in [0.05, 0.1) is 7.11 Å². The Morgan fingerprint density at radius 1 is 1.47 bits per heavy atom. The summed E-state index contributed by atoms with van der Waals surface area (Å²) in [6, 6.07) is 6.31. The number of rotatable bonds is 4. The number of hydroxylamine groups is 2. The highest BCUT2D eigenvalue weighted by molar-refractivity contribution is 9.10. The first-order valence-corrected chi connectivity index (χ1v) is 5.10. The first-order valence-electron chi connectivity index (χ1n) is 4.31. The summed E-state index contributed by atoms with van der Waals surface area (Å²) in [6.07, 6.45) is 0. The summed E-state index contributed by atoms with van der Waals surface area (Å²) >= 11 is 3.29. The van der Waals surface area contributed by atoms with Crippen LogP contribution in [0.1, 0.15) is 11.6 Å². The van der Waals surface area contributed by atoms with Crippen LogP contribution in [0.2, 0.25) is 0 Å². The Hall–Kier alpha value is -0.910. The molecule has 0 aliphatic heterocycles. The Balaban J connectivity index is 2.99. The third-order valence-corrected chi connectivity index (χ3v) is 2.60. The van der Waals surface area contributed by atoms with Crippen LogP contribution >= 0.6 is 15.9 Å². The van der Waals surface area contributed by atoms with Crippen LogP contribution in [-0.4, -0.2) is 30.3 Å². The van der Waals surface area contributed by atoms with Crippen LogP contribution in [0.4, 0.5) is 0 Å². The number of carbonyl (C=O) groups is 1. The Kier molecular flexibility index (Phi) is 4.26. The lowest BCUT2D eigenvalue weighted by Crippen LogP contribution is -2.29. The average Bonchev–Trinajstić information content (AvgIpc) is 2.20. The molecule has 0 aliphatic carbocycles. The predicted octanol–water partition coefficient (Wildman–Crippen LogP) is 2.07. The number of carboxylic acid groups (broad SMARTS) is 1. The maximum atomic E-state index is 11.1. The van der Waals surface area contributed by atoms with E-state index < -0.39 is 12.0 Å². The van der Waals surface area contributed by atoms with Crippen LogP contribution in [0, 0.1) is 0 Å². The first kappa shape index (κ1) is 12.2. The molecule has 0 saturated heterocycles. The molecule has 0 heterocycles. The molecule has 0 amide bonds. The van der Waals surface area contributed by atoms with E-state index in [0.29, 0.717) is 5.56 Å². The minimum absolute atomic E-state index is 0.676. The molecule has 1 aromatic carbocycles. The second-order valence-electron chi connectivity index (χ2n) is 3.02. The van der Waals surface area contributed by atoms with Crippen molar-refractivity contribution in [1.82, 2.24) is 5.06 Å². The van der Waals surface area contributed by atoms with Gasteiger partial charge in [0, 0.05) is 11.5 Å². The largest absolute Gasteiger partial charge is 0.480 e. The van der Waals surface area contributed by atoms with Crippen molar-refractivity contribution in [2.24, 2.45) is 0 Å². The molecule has 4 nitrogen and oxygen atoms in total. The summed E-state index contributed by atoms with van der Waals surface area (Å²) < 4.78 is 0.912. The van der Waals surface area contributed by atoms with Gasteiger partial charge in [-0.15, -0.1) is 0 Å². The zero-order chi connectivity index (χ0) is 11.4. The number of nitrogens with zero attached hydrogens (tertiary/aromatic N) is 1. The molecule has 0 radical (unpaired) electrons. The van der Waals surface area contributed by atoms with Crippen LogP contribution in [-0.2, 0) is 9.63 Å². The molecule has 5 heteroatoms. The highest BCUT2D eigenvalue weighted by atomic mass is 79.9. The van der Waals surface area contributed by atoms with Crippen molar-refractivity contribution in [2.75, 3.05) is 14.2 Å². The van der Waals surface area contributed by atoms with E-state index in [-0.39, 0.29) is 0 Å². The third kappa shape index (κ3) is 3.02. The van der Waals surface area contributed by atoms with Gasteiger partial charge in [-0.25, -0.2) is 0 Å². The predicted molar refractivity (Wildman–Crippen MR) is 59.3 cm³/mol. The van der Waals surface area contributed by atoms with Crippen molar-refractivity contribution in [1.29, 1.82) is 0 Å². The van der Waals surface area contributed by atoms with Crippen LogP contribution in [0.3, 0.4) is 0 Å². The number of benzene rings is 1. The SMILES string of the molecule is CON(C)C(C(=O)O)c1ccc(Br)cc1. The highest BCUT2D eigenvalue weighted by Gasteiger charge is 2.24. The lowest BCUT2D eigenvalue weighted by atomic mass is 10.1. The lowest BCUT2D eigenvalue weighted by molar-refractivity contribution is -0.175. The Morgan fingerprint density at radius 2 is 2.00 bits per heavy atom. The quantitative estimate of drug-likeness (QED) is 0.854. The van der Waals surface area contributed by atoms with Crippen molar-refractivity contribution >= 4 is 21.9 Å². The molecular weight excluding hydrogens is 262 g/mol. The summed E-state index contributed by atoms with van der Waals surface area (Å²) in [5.41, 5.74) is 0.676. The second kappa shape index (κ2) is 5.25. The maximum Gasteiger partial charge on any atom is 0.327 e. The highest BCUT2D eigenvalue weighted by Crippen LogP contribution is 2.21. The molecule has 1 unspecified atom stereocenters. The molecule has 1 N–H and O–H groups in total. The van der Waals surface area contributed by atoms with E-state index in [9.17, 15) is 4.79 Å². The summed E-state index contributed by atoms with van der Waals surface area (Å²) in [4.78, 5) is 16.0. The molecule has 1 aromatic rings. The van der Waals surface area contributed by atoms with Crippen molar-refractivity contribution in [2.45, 2.75) is 6.04 Å². The van der Waals surface area contributed by atoms with Gasteiger partial charge in [-0.3, -0.25) is 4.79 Å². The van der Waals surface area contributed by atoms with Crippen LogP contribution in [0.15, 0.2) is 28.7 Å². The van der Waals surface area contributed by atoms with Gasteiger partial charge < -0.3 is 9.94 Å². The molecule has 0 aromatic heterocycles. The molecule has 15 heavy (non-hydrogen) atoms. The van der Waals surface area contributed by atoms with Gasteiger partial charge in [0.25, 0.3) is 0 Å². The van der Waals surface area contributed by atoms with E-state index >= 15 is 0 Å². The first-order chi connectivity index (χ1) is 7.06. The fraction of sp³-hybridized carbons (Fsp3) is 0.300. The molecule has 1 rings (SSSR count). The van der Waals surface area contributed by atoms with E-state index in [4.69, 9.17) is 9.94 Å². The summed E-state index contributed by atoms with van der Waals surface area (Å²) in [5, 5.41) is 10.4. The molecule has 0 spiro atoms. The molecular formula is C10H12BrNO3. The second-order valence-corrected chi connectivity index (χ2v) is 3.94. The molecule has 0 fully saturated rings. The van der Waals surface area contributed by atoms with Gasteiger partial charge in [0.15, 0.2) is 6.04 Å². The van der Waals surface area contributed by atoms with Gasteiger partial charge in [0.1, 0.15) is 0 Å². The Bertz CT molecular complexity index is 339. The van der Waals surface area contributed by atoms with E-state index in [1.54, 1.807) is 31.3 Å². The van der Waals surface area contributed by atoms with Crippen molar-refractivity contribution in [3.8, 4) is 0 Å². The number of halogens is 1. The molecule has 0 bridgehead atoms. The fourth-order valence-corrected chi connectivity index (χ4v) is 1.52. The van der Waals surface area contributed by atoms with Gasteiger partial charge in [0.2, 0.25) is 0 Å². The molecule has 0 aliphatic rings. The zero-order valence-electron chi connectivity index (χ0n) is 8.48. The van der Waals surface area contributed by atoms with E-state index in [1.807, 2.05) is 0 Å². The van der Waals surface area contributed by atoms with Crippen molar-refractivity contribution in [3.63, 3.8) is 0 Å². The maximum absolute atomic E-state index is 11.1. The average molecular weight is 274 g/mol. The molecule has 1 atom stereocenters. The topological polar surface area (TPSA) is 49.8 Å². The third-order valence-electron chi connectivity index (χ3n) is 2.07. The summed E-state index contributed by atoms with van der Waals surface area (Å²) in [5.74, 6) is -0.943. The van der Waals surface area contributed by atoms with E-state index in [2.05, 4.69) is 15.9 Å². The minimum Gasteiger partial charge on any atom is -0.480 e. The van der Waals surface area contributed by atoms with Crippen LogP contribution in [0.25, 0.3) is 0 Å². The number of carboxylic acids is 1. The van der Waals surface area contributed by atoms with Crippen LogP contribution in [0.5, 0.6) is 0 Å². The van der Waals surface area contributed by atoms with Gasteiger partial charge in [-0.1, -0.05) is 28.1 Å². The molecule has 0 saturated carbocycles. The number of likely N-dealkylation sites (N-methyl/N-ethyl adjacent to an activating group) is 1. The number of aliphatic carboxylic acids is 1. The van der Waals surface area contributed by atoms with Crippen molar-refractivity contribution in [3.05, 3.63) is 34.3 Å². The number of hydrogen-bond donors (Lipinski definition) is 1. The molecule has 82 valence electrons.